The zero-order valence-electron chi connectivity index (χ0n) is 12.0. The largest absolute Gasteiger partial charge is 0.480 e. The molecule has 2 unspecified atom stereocenters. The van der Waals surface area contributed by atoms with Crippen LogP contribution in [0.25, 0.3) is 0 Å². The molecular weight excluding hydrogens is 258 g/mol. The van der Waals surface area contributed by atoms with E-state index < -0.39 is 11.5 Å². The summed E-state index contributed by atoms with van der Waals surface area (Å²) in [6.07, 6.45) is 8.87. The van der Waals surface area contributed by atoms with E-state index in [0.717, 1.165) is 44.3 Å². The van der Waals surface area contributed by atoms with Crippen molar-refractivity contribution in [2.24, 2.45) is 5.92 Å². The van der Waals surface area contributed by atoms with Gasteiger partial charge in [0, 0.05) is 6.04 Å². The van der Waals surface area contributed by atoms with E-state index in [1.54, 1.807) is 0 Å². The molecule has 0 amide bonds. The van der Waals surface area contributed by atoms with Gasteiger partial charge in [0.1, 0.15) is 5.54 Å². The van der Waals surface area contributed by atoms with Crippen LogP contribution in [0.1, 0.15) is 58.3 Å². The number of carbonyl (C=O) groups is 1. The second-order valence-electron chi connectivity index (χ2n) is 6.04. The van der Waals surface area contributed by atoms with Gasteiger partial charge in [-0.05, 0) is 55.9 Å². The molecular formula is C15H27NO2S. The summed E-state index contributed by atoms with van der Waals surface area (Å²) in [5.41, 5.74) is -0.605. The summed E-state index contributed by atoms with van der Waals surface area (Å²) in [5, 5.41) is 13.1. The first-order valence-corrected chi connectivity index (χ1v) is 8.93. The topological polar surface area (TPSA) is 49.3 Å². The molecule has 2 aliphatic carbocycles. The van der Waals surface area contributed by atoms with Gasteiger partial charge in [-0.1, -0.05) is 19.8 Å². The van der Waals surface area contributed by atoms with E-state index in [9.17, 15) is 9.90 Å². The van der Waals surface area contributed by atoms with Crippen molar-refractivity contribution >= 4 is 17.7 Å². The first-order valence-electron chi connectivity index (χ1n) is 7.78. The Morgan fingerprint density at radius 2 is 2.16 bits per heavy atom. The number of nitrogens with one attached hydrogen (secondary N) is 1. The Balaban J connectivity index is 1.84. The lowest BCUT2D eigenvalue weighted by molar-refractivity contribution is -0.146. The van der Waals surface area contributed by atoms with Crippen molar-refractivity contribution in [3.8, 4) is 0 Å². The third-order valence-corrected chi connectivity index (χ3v) is 5.60. The monoisotopic (exact) mass is 285 g/mol. The Morgan fingerprint density at radius 1 is 1.37 bits per heavy atom. The third kappa shape index (κ3) is 3.88. The van der Waals surface area contributed by atoms with Gasteiger partial charge in [0.05, 0.1) is 0 Å². The lowest BCUT2D eigenvalue weighted by Crippen LogP contribution is -2.55. The van der Waals surface area contributed by atoms with Crippen LogP contribution >= 0.6 is 11.8 Å². The highest BCUT2D eigenvalue weighted by molar-refractivity contribution is 7.99. The Hall–Kier alpha value is -0.220. The quantitative estimate of drug-likeness (QED) is 0.638. The zero-order chi connectivity index (χ0) is 13.7. The number of hydrogen-bond donors (Lipinski definition) is 2. The van der Waals surface area contributed by atoms with Crippen LogP contribution in [0, 0.1) is 5.92 Å². The van der Waals surface area contributed by atoms with E-state index in [1.807, 2.05) is 11.8 Å². The van der Waals surface area contributed by atoms with Crippen molar-refractivity contribution in [2.45, 2.75) is 69.9 Å². The highest BCUT2D eigenvalue weighted by atomic mass is 32.2. The molecule has 2 aliphatic rings. The van der Waals surface area contributed by atoms with Crippen molar-refractivity contribution in [2.75, 3.05) is 11.5 Å². The molecule has 3 nitrogen and oxygen atoms in total. The lowest BCUT2D eigenvalue weighted by Gasteiger charge is -2.32. The van der Waals surface area contributed by atoms with Gasteiger partial charge in [-0.15, -0.1) is 0 Å². The molecule has 0 aromatic carbocycles. The van der Waals surface area contributed by atoms with Crippen LogP contribution in [-0.4, -0.2) is 34.2 Å². The van der Waals surface area contributed by atoms with Crippen LogP contribution in [0.4, 0.5) is 0 Å². The Kier molecular flexibility index (Phi) is 5.58. The van der Waals surface area contributed by atoms with E-state index in [4.69, 9.17) is 0 Å². The molecule has 0 aliphatic heterocycles. The number of rotatable bonds is 9. The molecule has 19 heavy (non-hydrogen) atoms. The summed E-state index contributed by atoms with van der Waals surface area (Å²) in [4.78, 5) is 11.8. The van der Waals surface area contributed by atoms with Gasteiger partial charge in [0.25, 0.3) is 0 Å². The van der Waals surface area contributed by atoms with Crippen molar-refractivity contribution in [3.05, 3.63) is 0 Å². The molecule has 2 rings (SSSR count). The standard InChI is InChI=1S/C15H27NO2S/c1-2-3-10-19-11-8-12-5-4-9-15(12,14(17)18)16-13-6-7-13/h12-13,16H,2-11H2,1H3,(H,17,18). The first kappa shape index (κ1) is 15.2. The van der Waals surface area contributed by atoms with Gasteiger partial charge in [-0.25, -0.2) is 0 Å². The van der Waals surface area contributed by atoms with Gasteiger partial charge < -0.3 is 5.11 Å². The molecule has 0 heterocycles. The number of thioether (sulfide) groups is 1. The fraction of sp³-hybridized carbons (Fsp3) is 0.933. The Bertz CT molecular complexity index is 307. The molecule has 0 bridgehead atoms. The van der Waals surface area contributed by atoms with Crippen molar-refractivity contribution in [1.29, 1.82) is 0 Å². The predicted octanol–water partition coefficient (Wildman–Crippen LogP) is 3.29. The SMILES string of the molecule is CCCCSCCC1CCCC1(NC1CC1)C(=O)O. The predicted molar refractivity (Wildman–Crippen MR) is 80.7 cm³/mol. The number of unbranched alkanes of at least 4 members (excludes halogenated alkanes) is 1. The second kappa shape index (κ2) is 6.98. The van der Waals surface area contributed by atoms with Crippen molar-refractivity contribution in [3.63, 3.8) is 0 Å². The molecule has 0 aromatic heterocycles. The molecule has 0 spiro atoms. The summed E-state index contributed by atoms with van der Waals surface area (Å²) in [5.74, 6) is 2.06. The molecule has 2 saturated carbocycles. The normalized spacial score (nSPS) is 30.7. The molecule has 4 heteroatoms. The maximum absolute atomic E-state index is 11.8. The average Bonchev–Trinajstić information content (AvgIpc) is 3.09. The van der Waals surface area contributed by atoms with E-state index in [2.05, 4.69) is 12.2 Å². The molecule has 2 fully saturated rings. The number of aliphatic carboxylic acids is 1. The van der Waals surface area contributed by atoms with Gasteiger partial charge in [0.2, 0.25) is 0 Å². The van der Waals surface area contributed by atoms with E-state index in [-0.39, 0.29) is 0 Å². The van der Waals surface area contributed by atoms with E-state index in [1.165, 1.54) is 18.6 Å². The highest BCUT2D eigenvalue weighted by Crippen LogP contribution is 2.41. The van der Waals surface area contributed by atoms with Crippen LogP contribution in [0.5, 0.6) is 0 Å². The van der Waals surface area contributed by atoms with Crippen molar-refractivity contribution in [1.82, 2.24) is 5.32 Å². The average molecular weight is 285 g/mol. The number of carboxylic acids is 1. The smallest absolute Gasteiger partial charge is 0.324 e. The van der Waals surface area contributed by atoms with Gasteiger partial charge in [-0.3, -0.25) is 10.1 Å². The lowest BCUT2D eigenvalue weighted by atomic mass is 9.85. The fourth-order valence-electron chi connectivity index (χ4n) is 3.17. The zero-order valence-corrected chi connectivity index (χ0v) is 12.8. The minimum atomic E-state index is -0.611. The maximum atomic E-state index is 11.8. The van der Waals surface area contributed by atoms with E-state index >= 15 is 0 Å². The summed E-state index contributed by atoms with van der Waals surface area (Å²) in [6.45, 7) is 2.21. The number of hydrogen-bond acceptors (Lipinski definition) is 3. The molecule has 0 aromatic rings. The van der Waals surface area contributed by atoms with Gasteiger partial charge >= 0.3 is 5.97 Å². The molecule has 110 valence electrons. The Labute approximate surface area is 120 Å². The molecule has 2 N–H and O–H groups in total. The minimum Gasteiger partial charge on any atom is -0.480 e. The third-order valence-electron chi connectivity index (χ3n) is 4.49. The first-order chi connectivity index (χ1) is 9.19. The minimum absolute atomic E-state index is 0.333. The Morgan fingerprint density at radius 3 is 2.79 bits per heavy atom. The summed E-state index contributed by atoms with van der Waals surface area (Å²) < 4.78 is 0. The maximum Gasteiger partial charge on any atom is 0.324 e. The van der Waals surface area contributed by atoms with Crippen LogP contribution in [0.15, 0.2) is 0 Å². The fourth-order valence-corrected chi connectivity index (χ4v) is 4.32. The van der Waals surface area contributed by atoms with Crippen molar-refractivity contribution < 1.29 is 9.90 Å². The summed E-state index contributed by atoms with van der Waals surface area (Å²) in [6, 6.07) is 0.476. The molecule has 0 radical (unpaired) electrons. The molecule has 2 atom stereocenters. The van der Waals surface area contributed by atoms with Gasteiger partial charge in [-0.2, -0.15) is 11.8 Å². The summed E-state index contributed by atoms with van der Waals surface area (Å²) >= 11 is 1.99. The molecule has 0 saturated heterocycles. The van der Waals surface area contributed by atoms with Crippen LogP contribution in [0.2, 0.25) is 0 Å². The van der Waals surface area contributed by atoms with Gasteiger partial charge in [0.15, 0.2) is 0 Å². The van der Waals surface area contributed by atoms with Crippen LogP contribution < -0.4 is 5.32 Å². The van der Waals surface area contributed by atoms with Crippen LogP contribution in [0.3, 0.4) is 0 Å². The van der Waals surface area contributed by atoms with E-state index in [0.29, 0.717) is 12.0 Å². The second-order valence-corrected chi connectivity index (χ2v) is 7.26. The van der Waals surface area contributed by atoms with Crippen LogP contribution in [-0.2, 0) is 4.79 Å². The highest BCUT2D eigenvalue weighted by Gasteiger charge is 2.50. The summed E-state index contributed by atoms with van der Waals surface area (Å²) in [7, 11) is 0. The number of carboxylic acid groups (broad SMARTS) is 1.